The summed E-state index contributed by atoms with van der Waals surface area (Å²) in [4.78, 5) is 8.91. The van der Waals surface area contributed by atoms with Gasteiger partial charge in [-0.15, -0.1) is 0 Å². The summed E-state index contributed by atoms with van der Waals surface area (Å²) in [6, 6.07) is 14.0. The lowest BCUT2D eigenvalue weighted by Gasteiger charge is -2.12. The third-order valence-electron chi connectivity index (χ3n) is 4.17. The van der Waals surface area contributed by atoms with E-state index in [1.54, 1.807) is 23.0 Å². The number of anilines is 2. The molecule has 4 aromatic rings. The van der Waals surface area contributed by atoms with E-state index < -0.39 is 0 Å². The van der Waals surface area contributed by atoms with Crippen molar-refractivity contribution in [2.24, 2.45) is 0 Å². The van der Waals surface area contributed by atoms with Crippen molar-refractivity contribution < 1.29 is 0 Å². The van der Waals surface area contributed by atoms with Crippen molar-refractivity contribution in [2.75, 3.05) is 11.1 Å². The van der Waals surface area contributed by atoms with E-state index in [4.69, 9.17) is 10.7 Å². The van der Waals surface area contributed by atoms with Gasteiger partial charge in [-0.05, 0) is 40.0 Å². The molecule has 0 saturated carbocycles. The maximum Gasteiger partial charge on any atom is 0.172 e. The standard InChI is InChI=1S/C19H17BrN6/c1-12-4-2-3-5-14(12)16-8-18(26-19(25-16)15(20)11-24-26)23-10-13-6-7-17(21)22-9-13/h2-9,11,23H,10H2,1H3,(H2,21,22). The average molecular weight is 409 g/mol. The van der Waals surface area contributed by atoms with Crippen LogP contribution in [0, 0.1) is 6.92 Å². The maximum atomic E-state index is 5.65. The topological polar surface area (TPSA) is 81.1 Å². The van der Waals surface area contributed by atoms with Gasteiger partial charge >= 0.3 is 0 Å². The maximum absolute atomic E-state index is 5.65. The first kappa shape index (κ1) is 16.5. The molecular formula is C19H17BrN6. The van der Waals surface area contributed by atoms with Crippen LogP contribution in [0.4, 0.5) is 11.6 Å². The second-order valence-corrected chi connectivity index (χ2v) is 6.87. The highest BCUT2D eigenvalue weighted by molar-refractivity contribution is 9.10. The number of nitrogens with one attached hydrogen (secondary N) is 1. The normalized spacial score (nSPS) is 11.0. The SMILES string of the molecule is Cc1ccccc1-c1cc(NCc2ccc(N)nc2)n2ncc(Br)c2n1. The van der Waals surface area contributed by atoms with Gasteiger partial charge in [-0.3, -0.25) is 0 Å². The van der Waals surface area contributed by atoms with Crippen molar-refractivity contribution in [3.05, 3.63) is 70.5 Å². The zero-order chi connectivity index (χ0) is 18.1. The summed E-state index contributed by atoms with van der Waals surface area (Å²) in [5.41, 5.74) is 10.6. The Kier molecular flexibility index (Phi) is 4.30. The van der Waals surface area contributed by atoms with Crippen LogP contribution in [0.25, 0.3) is 16.9 Å². The van der Waals surface area contributed by atoms with Gasteiger partial charge < -0.3 is 11.1 Å². The number of fused-ring (bicyclic) bond motifs is 1. The van der Waals surface area contributed by atoms with Crippen molar-refractivity contribution in [1.29, 1.82) is 0 Å². The van der Waals surface area contributed by atoms with Crippen LogP contribution in [0.15, 0.2) is 59.3 Å². The van der Waals surface area contributed by atoms with Crippen LogP contribution in [-0.4, -0.2) is 19.6 Å². The molecule has 0 bridgehead atoms. The Hall–Kier alpha value is -2.93. The molecule has 0 saturated heterocycles. The first-order valence-electron chi connectivity index (χ1n) is 8.16. The van der Waals surface area contributed by atoms with E-state index in [2.05, 4.69) is 50.4 Å². The van der Waals surface area contributed by atoms with Gasteiger partial charge in [-0.1, -0.05) is 30.3 Å². The Morgan fingerprint density at radius 2 is 2.00 bits per heavy atom. The predicted octanol–water partition coefficient (Wildman–Crippen LogP) is 4.06. The molecule has 26 heavy (non-hydrogen) atoms. The van der Waals surface area contributed by atoms with Gasteiger partial charge in [0, 0.05) is 24.4 Å². The van der Waals surface area contributed by atoms with E-state index >= 15 is 0 Å². The molecule has 3 N–H and O–H groups in total. The second-order valence-electron chi connectivity index (χ2n) is 6.01. The highest BCUT2D eigenvalue weighted by atomic mass is 79.9. The smallest absolute Gasteiger partial charge is 0.172 e. The molecule has 0 unspecified atom stereocenters. The Balaban J connectivity index is 1.75. The van der Waals surface area contributed by atoms with Crippen LogP contribution in [0.5, 0.6) is 0 Å². The minimum atomic E-state index is 0.512. The van der Waals surface area contributed by atoms with E-state index in [-0.39, 0.29) is 0 Å². The molecule has 7 heteroatoms. The summed E-state index contributed by atoms with van der Waals surface area (Å²) >= 11 is 3.53. The van der Waals surface area contributed by atoms with Gasteiger partial charge in [-0.2, -0.15) is 9.61 Å². The second kappa shape index (κ2) is 6.76. The number of halogens is 1. The van der Waals surface area contributed by atoms with Crippen LogP contribution < -0.4 is 11.1 Å². The molecule has 0 amide bonds. The van der Waals surface area contributed by atoms with Gasteiger partial charge in [0.1, 0.15) is 11.6 Å². The fourth-order valence-corrected chi connectivity index (χ4v) is 3.14. The highest BCUT2D eigenvalue weighted by Crippen LogP contribution is 2.27. The molecule has 0 atom stereocenters. The number of hydrogen-bond acceptors (Lipinski definition) is 5. The van der Waals surface area contributed by atoms with Crippen LogP contribution in [0.2, 0.25) is 0 Å². The van der Waals surface area contributed by atoms with Gasteiger partial charge in [-0.25, -0.2) is 9.97 Å². The van der Waals surface area contributed by atoms with E-state index in [0.29, 0.717) is 12.4 Å². The molecule has 0 spiro atoms. The fourth-order valence-electron chi connectivity index (χ4n) is 2.79. The Bertz CT molecular complexity index is 1070. The zero-order valence-electron chi connectivity index (χ0n) is 14.1. The summed E-state index contributed by atoms with van der Waals surface area (Å²) < 4.78 is 2.64. The van der Waals surface area contributed by atoms with Crippen LogP contribution in [-0.2, 0) is 6.54 Å². The molecule has 0 aliphatic carbocycles. The van der Waals surface area contributed by atoms with E-state index in [0.717, 1.165) is 32.8 Å². The molecule has 0 radical (unpaired) electrons. The fraction of sp³-hybridized carbons (Fsp3) is 0.105. The molecule has 3 heterocycles. The van der Waals surface area contributed by atoms with E-state index in [1.165, 1.54) is 5.56 Å². The van der Waals surface area contributed by atoms with Crippen LogP contribution in [0.3, 0.4) is 0 Å². The summed E-state index contributed by atoms with van der Waals surface area (Å²) in [6.45, 7) is 2.69. The molecule has 6 nitrogen and oxygen atoms in total. The number of hydrogen-bond donors (Lipinski definition) is 2. The number of pyridine rings is 1. The predicted molar refractivity (Wildman–Crippen MR) is 107 cm³/mol. The van der Waals surface area contributed by atoms with E-state index in [9.17, 15) is 0 Å². The third kappa shape index (κ3) is 3.13. The van der Waals surface area contributed by atoms with Crippen molar-refractivity contribution in [1.82, 2.24) is 19.6 Å². The van der Waals surface area contributed by atoms with Crippen molar-refractivity contribution in [3.8, 4) is 11.3 Å². The number of benzene rings is 1. The van der Waals surface area contributed by atoms with Gasteiger partial charge in [0.05, 0.1) is 16.4 Å². The lowest BCUT2D eigenvalue weighted by Crippen LogP contribution is -2.07. The monoisotopic (exact) mass is 408 g/mol. The minimum Gasteiger partial charge on any atom is -0.384 e. The van der Waals surface area contributed by atoms with E-state index in [1.807, 2.05) is 24.3 Å². The number of rotatable bonds is 4. The molecular weight excluding hydrogens is 392 g/mol. The highest BCUT2D eigenvalue weighted by Gasteiger charge is 2.12. The molecule has 3 aromatic heterocycles. The quantitative estimate of drug-likeness (QED) is 0.532. The lowest BCUT2D eigenvalue weighted by molar-refractivity contribution is 0.925. The molecule has 0 fully saturated rings. The van der Waals surface area contributed by atoms with Gasteiger partial charge in [0.2, 0.25) is 0 Å². The zero-order valence-corrected chi connectivity index (χ0v) is 15.7. The average Bonchev–Trinajstić information content (AvgIpc) is 3.02. The van der Waals surface area contributed by atoms with Crippen LogP contribution >= 0.6 is 15.9 Å². The Labute approximate surface area is 159 Å². The number of nitrogen functional groups attached to an aromatic ring is 1. The van der Waals surface area contributed by atoms with Crippen molar-refractivity contribution in [3.63, 3.8) is 0 Å². The van der Waals surface area contributed by atoms with Crippen LogP contribution in [0.1, 0.15) is 11.1 Å². The van der Waals surface area contributed by atoms with Crippen molar-refractivity contribution >= 4 is 33.2 Å². The Morgan fingerprint density at radius 1 is 1.15 bits per heavy atom. The first-order chi connectivity index (χ1) is 12.6. The molecule has 130 valence electrons. The largest absolute Gasteiger partial charge is 0.384 e. The van der Waals surface area contributed by atoms with Gasteiger partial charge in [0.15, 0.2) is 5.65 Å². The summed E-state index contributed by atoms with van der Waals surface area (Å²) in [5, 5.41) is 7.84. The minimum absolute atomic E-state index is 0.512. The molecule has 4 rings (SSSR count). The first-order valence-corrected chi connectivity index (χ1v) is 8.95. The number of nitrogens with two attached hydrogens (primary N) is 1. The van der Waals surface area contributed by atoms with Crippen molar-refractivity contribution in [2.45, 2.75) is 13.5 Å². The molecule has 0 aliphatic heterocycles. The number of aryl methyl sites for hydroxylation is 1. The summed E-state index contributed by atoms with van der Waals surface area (Å²) in [5.74, 6) is 1.37. The van der Waals surface area contributed by atoms with Gasteiger partial charge in [0.25, 0.3) is 0 Å². The summed E-state index contributed by atoms with van der Waals surface area (Å²) in [6.07, 6.45) is 3.52. The number of aromatic nitrogens is 4. The summed E-state index contributed by atoms with van der Waals surface area (Å²) in [7, 11) is 0. The Morgan fingerprint density at radius 3 is 2.77 bits per heavy atom. The number of nitrogens with zero attached hydrogens (tertiary/aromatic N) is 4. The molecule has 0 aliphatic rings. The third-order valence-corrected chi connectivity index (χ3v) is 4.73. The lowest BCUT2D eigenvalue weighted by atomic mass is 10.1. The molecule has 1 aromatic carbocycles.